The van der Waals surface area contributed by atoms with E-state index < -0.39 is 17.2 Å². The van der Waals surface area contributed by atoms with E-state index in [9.17, 15) is 13.6 Å². The number of para-hydroxylation sites is 1. The zero-order valence-electron chi connectivity index (χ0n) is 15.7. The maximum atomic E-state index is 11.6. The van der Waals surface area contributed by atoms with E-state index in [-0.39, 0.29) is 6.04 Å². The van der Waals surface area contributed by atoms with Gasteiger partial charge in [-0.15, -0.1) is 0 Å². The molecule has 8 heteroatoms. The van der Waals surface area contributed by atoms with E-state index >= 15 is 0 Å². The molecular formula is C19H28N3O4S-. The molecule has 1 aromatic rings. The number of carbonyl (C=O) groups is 1. The first-order chi connectivity index (χ1) is 13.1. The van der Waals surface area contributed by atoms with Crippen molar-refractivity contribution >= 4 is 28.9 Å². The Bertz CT molecular complexity index is 660. The highest BCUT2D eigenvalue weighted by molar-refractivity contribution is 7.76. The first-order valence-electron chi connectivity index (χ1n) is 9.39. The van der Waals surface area contributed by atoms with Crippen LogP contribution < -0.4 is 10.4 Å². The molecule has 0 radical (unpaired) electrons. The summed E-state index contributed by atoms with van der Waals surface area (Å²) >= 11 is -2.19. The van der Waals surface area contributed by atoms with Gasteiger partial charge in [-0.1, -0.05) is 38.0 Å². The molecule has 1 aliphatic heterocycles. The van der Waals surface area contributed by atoms with E-state index in [1.807, 2.05) is 24.3 Å². The molecule has 0 bridgehead atoms. The maximum Gasteiger partial charge on any atom is 0.267 e. The number of hydrogen-bond donors (Lipinski definition) is 2. The largest absolute Gasteiger partial charge is 0.760 e. The number of anilines is 1. The topological polar surface area (TPSA) is 95.9 Å². The molecule has 0 saturated carbocycles. The molecule has 0 spiro atoms. The van der Waals surface area contributed by atoms with Gasteiger partial charge in [0, 0.05) is 48.7 Å². The van der Waals surface area contributed by atoms with Crippen molar-refractivity contribution in [3.8, 4) is 0 Å². The quantitative estimate of drug-likeness (QED) is 0.221. The standard InChI is InChI=1S/C19H29N3O4S/c1-2-3-6-13-22(27(25)26)17-11-14-21(15-12-17)18-8-5-4-7-16(18)9-10-19(23)20-24/h4-5,7-10,17,24H,2-3,6,11-15H2,1H3,(H,20,23)(H,25,26)/p-1/b10-9+. The summed E-state index contributed by atoms with van der Waals surface area (Å²) in [7, 11) is 0. The average Bonchev–Trinajstić information content (AvgIpc) is 2.69. The van der Waals surface area contributed by atoms with Gasteiger partial charge in [0.2, 0.25) is 0 Å². The molecular weight excluding hydrogens is 366 g/mol. The van der Waals surface area contributed by atoms with Crippen LogP contribution in [0.2, 0.25) is 0 Å². The first-order valence-corrected chi connectivity index (χ1v) is 10.4. The second kappa shape index (κ2) is 11.2. The van der Waals surface area contributed by atoms with E-state index in [0.717, 1.165) is 56.4 Å². The van der Waals surface area contributed by atoms with Crippen molar-refractivity contribution in [1.29, 1.82) is 0 Å². The van der Waals surface area contributed by atoms with Gasteiger partial charge < -0.3 is 9.45 Å². The number of hydroxylamine groups is 1. The minimum absolute atomic E-state index is 0.0410. The van der Waals surface area contributed by atoms with Crippen LogP contribution in [0.1, 0.15) is 44.6 Å². The van der Waals surface area contributed by atoms with Gasteiger partial charge in [-0.05, 0) is 37.0 Å². The number of benzene rings is 1. The van der Waals surface area contributed by atoms with Gasteiger partial charge in [-0.2, -0.15) is 0 Å². The SMILES string of the molecule is CCCCCN(C1CCN(c2ccccc2/C=C/C(=O)NO)CC1)S(=O)[O-]. The summed E-state index contributed by atoms with van der Waals surface area (Å²) in [6.07, 6.45) is 7.48. The lowest BCUT2D eigenvalue weighted by Gasteiger charge is -2.40. The van der Waals surface area contributed by atoms with Crippen LogP contribution in [0.4, 0.5) is 5.69 Å². The van der Waals surface area contributed by atoms with Crippen molar-refractivity contribution in [1.82, 2.24) is 9.79 Å². The van der Waals surface area contributed by atoms with Gasteiger partial charge in [0.25, 0.3) is 5.91 Å². The highest BCUT2D eigenvalue weighted by Gasteiger charge is 2.25. The van der Waals surface area contributed by atoms with E-state index in [1.54, 1.807) is 15.9 Å². The normalized spacial score (nSPS) is 16.8. The first kappa shape index (κ1) is 21.6. The highest BCUT2D eigenvalue weighted by atomic mass is 32.2. The summed E-state index contributed by atoms with van der Waals surface area (Å²) in [6, 6.07) is 7.77. The van der Waals surface area contributed by atoms with E-state index in [0.29, 0.717) is 6.54 Å². The number of hydrogen-bond acceptors (Lipinski definition) is 5. The van der Waals surface area contributed by atoms with Gasteiger partial charge >= 0.3 is 0 Å². The number of carbonyl (C=O) groups excluding carboxylic acids is 1. The molecule has 1 heterocycles. The number of amides is 1. The summed E-state index contributed by atoms with van der Waals surface area (Å²) < 4.78 is 24.8. The summed E-state index contributed by atoms with van der Waals surface area (Å²) in [5.74, 6) is -0.579. The summed E-state index contributed by atoms with van der Waals surface area (Å²) in [5.41, 5.74) is 3.46. The smallest absolute Gasteiger partial charge is 0.267 e. The van der Waals surface area contributed by atoms with E-state index in [2.05, 4.69) is 11.8 Å². The third kappa shape index (κ3) is 6.42. The Kier molecular flexibility index (Phi) is 8.93. The maximum absolute atomic E-state index is 11.6. The van der Waals surface area contributed by atoms with Crippen LogP contribution in [-0.4, -0.2) is 49.9 Å². The molecule has 2 rings (SSSR count). The van der Waals surface area contributed by atoms with E-state index in [1.165, 1.54) is 6.08 Å². The number of nitrogens with zero attached hydrogens (tertiary/aromatic N) is 2. The van der Waals surface area contributed by atoms with Gasteiger partial charge in [0.1, 0.15) is 0 Å². The highest BCUT2D eigenvalue weighted by Crippen LogP contribution is 2.27. The molecule has 0 aromatic heterocycles. The van der Waals surface area contributed by atoms with Crippen molar-refractivity contribution < 1.29 is 18.8 Å². The van der Waals surface area contributed by atoms with Crippen molar-refractivity contribution in [3.05, 3.63) is 35.9 Å². The zero-order valence-corrected chi connectivity index (χ0v) is 16.5. The zero-order chi connectivity index (χ0) is 19.6. The second-order valence-corrected chi connectivity index (χ2v) is 7.55. The van der Waals surface area contributed by atoms with E-state index in [4.69, 9.17) is 5.21 Å². The Morgan fingerprint density at radius 1 is 1.37 bits per heavy atom. The molecule has 2 N–H and O–H groups in total. The van der Waals surface area contributed by atoms with Gasteiger partial charge in [0.05, 0.1) is 0 Å². The molecule has 1 atom stereocenters. The lowest BCUT2D eigenvalue weighted by Crippen LogP contribution is -2.46. The predicted octanol–water partition coefficient (Wildman–Crippen LogP) is 2.46. The Morgan fingerprint density at radius 2 is 2.07 bits per heavy atom. The molecule has 1 fully saturated rings. The monoisotopic (exact) mass is 394 g/mol. The van der Waals surface area contributed by atoms with Crippen LogP contribution >= 0.6 is 0 Å². The molecule has 7 nitrogen and oxygen atoms in total. The second-order valence-electron chi connectivity index (χ2n) is 6.65. The summed E-state index contributed by atoms with van der Waals surface area (Å²) in [5, 5.41) is 8.62. The predicted molar refractivity (Wildman–Crippen MR) is 106 cm³/mol. The molecule has 150 valence electrons. The Hall–Kier alpha value is -1.74. The van der Waals surface area contributed by atoms with Crippen LogP contribution in [-0.2, 0) is 16.1 Å². The molecule has 1 saturated heterocycles. The van der Waals surface area contributed by atoms with Gasteiger partial charge in [0.15, 0.2) is 0 Å². The minimum atomic E-state index is -2.19. The van der Waals surface area contributed by atoms with Crippen LogP contribution in [0.15, 0.2) is 30.3 Å². The van der Waals surface area contributed by atoms with Crippen LogP contribution in [0, 0.1) is 0 Å². The fourth-order valence-corrected chi connectivity index (χ4v) is 4.14. The number of nitrogens with one attached hydrogen (secondary N) is 1. The van der Waals surface area contributed by atoms with Crippen LogP contribution in [0.3, 0.4) is 0 Å². The Labute approximate surface area is 163 Å². The third-order valence-corrected chi connectivity index (χ3v) is 5.71. The fraction of sp³-hybridized carbons (Fsp3) is 0.526. The molecule has 1 aromatic carbocycles. The van der Waals surface area contributed by atoms with Gasteiger partial charge in [-0.3, -0.25) is 14.2 Å². The molecule has 27 heavy (non-hydrogen) atoms. The van der Waals surface area contributed by atoms with Crippen molar-refractivity contribution in [2.75, 3.05) is 24.5 Å². The number of unbranched alkanes of at least 4 members (excludes halogenated alkanes) is 2. The molecule has 1 aliphatic rings. The van der Waals surface area contributed by atoms with Crippen molar-refractivity contribution in [3.63, 3.8) is 0 Å². The Morgan fingerprint density at radius 3 is 2.70 bits per heavy atom. The fourth-order valence-electron chi connectivity index (χ4n) is 3.41. The summed E-state index contributed by atoms with van der Waals surface area (Å²) in [4.78, 5) is 13.5. The molecule has 1 unspecified atom stereocenters. The van der Waals surface area contributed by atoms with Crippen LogP contribution in [0.5, 0.6) is 0 Å². The lowest BCUT2D eigenvalue weighted by atomic mass is 10.0. The van der Waals surface area contributed by atoms with Crippen molar-refractivity contribution in [2.24, 2.45) is 0 Å². The third-order valence-electron chi connectivity index (χ3n) is 4.85. The molecule has 0 aliphatic carbocycles. The summed E-state index contributed by atoms with van der Waals surface area (Å²) in [6.45, 7) is 4.20. The number of rotatable bonds is 9. The van der Waals surface area contributed by atoms with Crippen LogP contribution in [0.25, 0.3) is 6.08 Å². The van der Waals surface area contributed by atoms with Gasteiger partial charge in [-0.25, -0.2) is 9.79 Å². The van der Waals surface area contributed by atoms with Crippen molar-refractivity contribution in [2.45, 2.75) is 45.1 Å². The number of piperidine rings is 1. The molecule has 1 amide bonds. The average molecular weight is 395 g/mol. The lowest BCUT2D eigenvalue weighted by molar-refractivity contribution is -0.124. The minimum Gasteiger partial charge on any atom is -0.760 e. The Balaban J connectivity index is 2.01.